The molecule has 0 spiro atoms. The van der Waals surface area contributed by atoms with Gasteiger partial charge in [-0.2, -0.15) is 13.2 Å². The first-order valence-corrected chi connectivity index (χ1v) is 10.3. The van der Waals surface area contributed by atoms with Gasteiger partial charge in [0, 0.05) is 17.7 Å². The van der Waals surface area contributed by atoms with Crippen LogP contribution in [0.3, 0.4) is 0 Å². The van der Waals surface area contributed by atoms with Gasteiger partial charge in [-0.05, 0) is 42.0 Å². The van der Waals surface area contributed by atoms with Crippen molar-refractivity contribution >= 4 is 5.91 Å². The molecule has 0 fully saturated rings. The van der Waals surface area contributed by atoms with Gasteiger partial charge in [0.05, 0.1) is 17.6 Å². The van der Waals surface area contributed by atoms with E-state index in [0.717, 1.165) is 18.3 Å². The Kier molecular flexibility index (Phi) is 5.73. The highest BCUT2D eigenvalue weighted by atomic mass is 19.3. The van der Waals surface area contributed by atoms with E-state index < -0.39 is 42.1 Å². The number of hydrogen-bond donors (Lipinski definition) is 1. The second kappa shape index (κ2) is 8.87. The van der Waals surface area contributed by atoms with Gasteiger partial charge in [0.15, 0.2) is 0 Å². The Balaban J connectivity index is 1.52. The largest absolute Gasteiger partial charge is 0.415 e. The van der Waals surface area contributed by atoms with Crippen molar-refractivity contribution in [3.8, 4) is 11.5 Å². The molecule has 8 nitrogen and oxygen atoms in total. The summed E-state index contributed by atoms with van der Waals surface area (Å²) in [6, 6.07) is 9.69. The number of alkyl halides is 2. The molecular weight excluding hydrogens is 470 g/mol. The molecule has 0 bridgehead atoms. The lowest BCUT2D eigenvalue weighted by molar-refractivity contribution is 0.0329. The summed E-state index contributed by atoms with van der Waals surface area (Å²) in [4.78, 5) is 22.4. The molecule has 2 unspecified atom stereocenters. The number of hydrogen-bond acceptors (Lipinski definition) is 7. The molecule has 35 heavy (non-hydrogen) atoms. The SMILES string of the molecule is O=C1c2cc(-c3nnc(C(F)F)o3)ccc2CN1C(c1cccc(F)n1)C(O)c1ccc(F)cn1. The van der Waals surface area contributed by atoms with Gasteiger partial charge in [-0.1, -0.05) is 12.1 Å². The predicted molar refractivity (Wildman–Crippen MR) is 111 cm³/mol. The Morgan fingerprint density at radius 2 is 1.86 bits per heavy atom. The molecule has 0 aliphatic carbocycles. The highest BCUT2D eigenvalue weighted by molar-refractivity contribution is 5.99. The average molecular weight is 485 g/mol. The van der Waals surface area contributed by atoms with Gasteiger partial charge in [-0.3, -0.25) is 9.78 Å². The quantitative estimate of drug-likeness (QED) is 0.323. The highest BCUT2D eigenvalue weighted by Gasteiger charge is 2.39. The third kappa shape index (κ3) is 4.23. The van der Waals surface area contributed by atoms with E-state index >= 15 is 0 Å². The van der Waals surface area contributed by atoms with Crippen LogP contribution in [0.15, 0.2) is 59.1 Å². The van der Waals surface area contributed by atoms with E-state index in [0.29, 0.717) is 5.56 Å². The molecule has 1 aromatic carbocycles. The maximum atomic E-state index is 14.0. The molecule has 12 heteroatoms. The highest BCUT2D eigenvalue weighted by Crippen LogP contribution is 2.39. The van der Waals surface area contributed by atoms with Crippen molar-refractivity contribution in [2.75, 3.05) is 0 Å². The minimum Gasteiger partial charge on any atom is -0.415 e. The van der Waals surface area contributed by atoms with Crippen molar-refractivity contribution in [3.05, 3.63) is 94.9 Å². The second-order valence-corrected chi connectivity index (χ2v) is 7.73. The lowest BCUT2D eigenvalue weighted by atomic mass is 10.0. The van der Waals surface area contributed by atoms with Gasteiger partial charge in [-0.25, -0.2) is 9.37 Å². The van der Waals surface area contributed by atoms with Crippen molar-refractivity contribution in [3.63, 3.8) is 0 Å². The number of fused-ring (bicyclic) bond motifs is 1. The summed E-state index contributed by atoms with van der Waals surface area (Å²) < 4.78 is 57.9. The van der Waals surface area contributed by atoms with Gasteiger partial charge >= 0.3 is 6.43 Å². The number of benzene rings is 1. The Labute approximate surface area is 194 Å². The van der Waals surface area contributed by atoms with Gasteiger partial charge in [0.2, 0.25) is 11.8 Å². The summed E-state index contributed by atoms with van der Waals surface area (Å²) in [6.07, 6.45) is -3.49. The zero-order valence-electron chi connectivity index (χ0n) is 17.6. The number of amides is 1. The lowest BCUT2D eigenvalue weighted by Crippen LogP contribution is -2.34. The fourth-order valence-electron chi connectivity index (χ4n) is 3.93. The molecule has 0 saturated heterocycles. The standard InChI is InChI=1S/C23H15F4N5O3/c24-13-6-7-16(28-9-13)19(33)18(15-2-1-3-17(25)29-15)32-10-12-5-4-11(8-14(12)23(32)34)21-30-31-22(35-21)20(26)27/h1-9,18-20,33H,10H2. The van der Waals surface area contributed by atoms with E-state index in [-0.39, 0.29) is 35.0 Å². The summed E-state index contributed by atoms with van der Waals surface area (Å²) >= 11 is 0. The third-order valence-electron chi connectivity index (χ3n) is 5.54. The van der Waals surface area contributed by atoms with E-state index in [1.807, 2.05) is 0 Å². The van der Waals surface area contributed by atoms with Crippen LogP contribution in [0.5, 0.6) is 0 Å². The van der Waals surface area contributed by atoms with Crippen LogP contribution in [-0.2, 0) is 6.54 Å². The lowest BCUT2D eigenvalue weighted by Gasteiger charge is -2.31. The number of aliphatic hydroxyl groups is 1. The van der Waals surface area contributed by atoms with E-state index in [9.17, 15) is 27.5 Å². The summed E-state index contributed by atoms with van der Waals surface area (Å²) in [6.45, 7) is 0.0294. The zero-order chi connectivity index (χ0) is 24.7. The van der Waals surface area contributed by atoms with Crippen molar-refractivity contribution < 1.29 is 31.9 Å². The summed E-state index contributed by atoms with van der Waals surface area (Å²) in [5.74, 6) is -3.00. The monoisotopic (exact) mass is 485 g/mol. The number of rotatable bonds is 6. The van der Waals surface area contributed by atoms with Gasteiger partial charge < -0.3 is 14.4 Å². The third-order valence-corrected chi connectivity index (χ3v) is 5.54. The van der Waals surface area contributed by atoms with Gasteiger partial charge in [0.1, 0.15) is 18.0 Å². The summed E-state index contributed by atoms with van der Waals surface area (Å²) in [5.41, 5.74) is 1.13. The number of aromatic nitrogens is 4. The zero-order valence-corrected chi connectivity index (χ0v) is 17.6. The van der Waals surface area contributed by atoms with Crippen LogP contribution in [0.2, 0.25) is 0 Å². The van der Waals surface area contributed by atoms with E-state index in [4.69, 9.17) is 4.42 Å². The van der Waals surface area contributed by atoms with Crippen LogP contribution in [0.4, 0.5) is 17.6 Å². The molecule has 3 aromatic heterocycles. The fraction of sp³-hybridized carbons (Fsp3) is 0.174. The molecule has 0 saturated carbocycles. The van der Waals surface area contributed by atoms with E-state index in [2.05, 4.69) is 20.2 Å². The number of nitrogens with zero attached hydrogens (tertiary/aromatic N) is 5. The molecule has 1 N–H and O–H groups in total. The van der Waals surface area contributed by atoms with Crippen LogP contribution >= 0.6 is 0 Å². The van der Waals surface area contributed by atoms with Crippen molar-refractivity contribution in [1.82, 2.24) is 25.1 Å². The van der Waals surface area contributed by atoms with Crippen LogP contribution in [-0.4, -0.2) is 36.1 Å². The molecular formula is C23H15F4N5O3. The first-order valence-electron chi connectivity index (χ1n) is 10.3. The van der Waals surface area contributed by atoms with Crippen LogP contribution < -0.4 is 0 Å². The molecule has 1 aliphatic heterocycles. The minimum atomic E-state index is -2.94. The van der Waals surface area contributed by atoms with Gasteiger partial charge in [0.25, 0.3) is 11.8 Å². The van der Waals surface area contributed by atoms with Gasteiger partial charge in [-0.15, -0.1) is 10.2 Å². The maximum Gasteiger partial charge on any atom is 0.314 e. The average Bonchev–Trinajstić information content (AvgIpc) is 3.46. The number of pyridine rings is 2. The van der Waals surface area contributed by atoms with Crippen molar-refractivity contribution in [1.29, 1.82) is 0 Å². The molecule has 4 aromatic rings. The topological polar surface area (TPSA) is 105 Å². The minimum absolute atomic E-state index is 0.0294. The Morgan fingerprint density at radius 3 is 2.54 bits per heavy atom. The first-order chi connectivity index (χ1) is 16.8. The number of aliphatic hydroxyl groups excluding tert-OH is 1. The summed E-state index contributed by atoms with van der Waals surface area (Å²) in [5, 5.41) is 18.0. The fourth-order valence-corrected chi connectivity index (χ4v) is 3.93. The first kappa shape index (κ1) is 22.6. The van der Waals surface area contributed by atoms with Crippen LogP contribution in [0.25, 0.3) is 11.5 Å². The Hall–Kier alpha value is -4.19. The number of carbonyl (C=O) groups is 1. The molecule has 1 amide bonds. The predicted octanol–water partition coefficient (Wildman–Crippen LogP) is 4.17. The molecule has 2 atom stereocenters. The molecule has 0 radical (unpaired) electrons. The molecule has 4 heterocycles. The molecule has 1 aliphatic rings. The van der Waals surface area contributed by atoms with E-state index in [1.54, 1.807) is 6.07 Å². The second-order valence-electron chi connectivity index (χ2n) is 7.73. The number of halogens is 4. The Morgan fingerprint density at radius 1 is 1.03 bits per heavy atom. The molecule has 5 rings (SSSR count). The van der Waals surface area contributed by atoms with Crippen molar-refractivity contribution in [2.45, 2.75) is 25.1 Å². The molecule has 178 valence electrons. The van der Waals surface area contributed by atoms with Crippen LogP contribution in [0, 0.1) is 11.8 Å². The van der Waals surface area contributed by atoms with Crippen molar-refractivity contribution in [2.24, 2.45) is 0 Å². The Bertz CT molecular complexity index is 1400. The normalized spacial score (nSPS) is 14.9. The summed E-state index contributed by atoms with van der Waals surface area (Å²) in [7, 11) is 0. The number of carbonyl (C=O) groups excluding carboxylic acids is 1. The smallest absolute Gasteiger partial charge is 0.314 e. The van der Waals surface area contributed by atoms with E-state index in [1.165, 1.54) is 35.2 Å². The maximum absolute atomic E-state index is 14.0. The van der Waals surface area contributed by atoms with Crippen LogP contribution in [0.1, 0.15) is 51.8 Å².